The zero-order chi connectivity index (χ0) is 10.8. The minimum Gasteiger partial charge on any atom is -0.279 e. The molecule has 0 spiro atoms. The van der Waals surface area contributed by atoms with Crippen molar-refractivity contribution < 1.29 is 4.79 Å². The molecule has 0 saturated heterocycles. The van der Waals surface area contributed by atoms with Crippen molar-refractivity contribution in [3.8, 4) is 0 Å². The molecule has 2 aromatic carbocycles. The summed E-state index contributed by atoms with van der Waals surface area (Å²) in [5, 5.41) is 0.693. The van der Waals surface area contributed by atoms with Crippen LogP contribution in [0, 0.1) is 0 Å². The summed E-state index contributed by atoms with van der Waals surface area (Å²) in [6.45, 7) is 0. The van der Waals surface area contributed by atoms with Crippen molar-refractivity contribution in [2.24, 2.45) is 0 Å². The van der Waals surface area contributed by atoms with E-state index < -0.39 is 10.6 Å². The van der Waals surface area contributed by atoms with Crippen LogP contribution in [0.3, 0.4) is 0 Å². The number of fused-ring (bicyclic) bond motifs is 1. The summed E-state index contributed by atoms with van der Waals surface area (Å²) in [5.74, 6) is 0. The standard InChI is InChI=1S/C12H8Cl2O.CH4/c13-11(12(14)15)10-7-3-5-8-4-1-2-6-9(8)10;/h1-7,11H;1H4. The lowest BCUT2D eigenvalue weighted by Crippen LogP contribution is -1.99. The first-order chi connectivity index (χ1) is 7.20. The Morgan fingerprint density at radius 1 is 1.06 bits per heavy atom. The second-order valence-corrected chi connectivity index (χ2v) is 4.04. The maximum absolute atomic E-state index is 11.0. The molecule has 0 amide bonds. The van der Waals surface area contributed by atoms with Gasteiger partial charge in [0.15, 0.2) is 0 Å². The lowest BCUT2D eigenvalue weighted by molar-refractivity contribution is -0.111. The lowest BCUT2D eigenvalue weighted by Gasteiger charge is -2.08. The van der Waals surface area contributed by atoms with Crippen LogP contribution in [-0.4, -0.2) is 5.24 Å². The third-order valence-corrected chi connectivity index (χ3v) is 3.06. The van der Waals surface area contributed by atoms with E-state index in [0.29, 0.717) is 0 Å². The van der Waals surface area contributed by atoms with Crippen LogP contribution in [-0.2, 0) is 4.79 Å². The van der Waals surface area contributed by atoms with Crippen LogP contribution in [0.25, 0.3) is 10.8 Å². The van der Waals surface area contributed by atoms with E-state index in [4.69, 9.17) is 23.2 Å². The fraction of sp³-hybridized carbons (Fsp3) is 0.154. The van der Waals surface area contributed by atoms with E-state index in [9.17, 15) is 4.79 Å². The fourth-order valence-corrected chi connectivity index (χ4v) is 1.90. The molecule has 3 heteroatoms. The van der Waals surface area contributed by atoms with Crippen LogP contribution in [0.4, 0.5) is 0 Å². The molecule has 0 heterocycles. The van der Waals surface area contributed by atoms with Gasteiger partial charge < -0.3 is 0 Å². The Labute approximate surface area is 105 Å². The minimum atomic E-state index is -0.780. The highest BCUT2D eigenvalue weighted by Gasteiger charge is 2.17. The molecular formula is C13H12Cl2O. The number of hydrogen-bond acceptors (Lipinski definition) is 1. The summed E-state index contributed by atoms with van der Waals surface area (Å²) in [4.78, 5) is 11.0. The van der Waals surface area contributed by atoms with Gasteiger partial charge in [-0.3, -0.25) is 4.79 Å². The molecule has 0 N–H and O–H groups in total. The Kier molecular flexibility index (Phi) is 4.34. The van der Waals surface area contributed by atoms with Crippen molar-refractivity contribution in [3.63, 3.8) is 0 Å². The average molecular weight is 255 g/mol. The first-order valence-corrected chi connectivity index (χ1v) is 5.32. The fourth-order valence-electron chi connectivity index (χ4n) is 1.59. The number of halogens is 2. The zero-order valence-corrected chi connectivity index (χ0v) is 9.29. The van der Waals surface area contributed by atoms with Crippen LogP contribution in [0.1, 0.15) is 18.4 Å². The number of benzene rings is 2. The van der Waals surface area contributed by atoms with Gasteiger partial charge >= 0.3 is 0 Å². The van der Waals surface area contributed by atoms with E-state index in [0.717, 1.165) is 16.3 Å². The number of carbonyl (C=O) groups is 1. The van der Waals surface area contributed by atoms with E-state index >= 15 is 0 Å². The van der Waals surface area contributed by atoms with Gasteiger partial charge in [0.25, 0.3) is 0 Å². The first kappa shape index (κ1) is 13.0. The molecule has 2 aromatic rings. The second-order valence-electron chi connectivity index (χ2n) is 3.24. The summed E-state index contributed by atoms with van der Waals surface area (Å²) in [6.07, 6.45) is 0. The van der Waals surface area contributed by atoms with Crippen LogP contribution in [0.5, 0.6) is 0 Å². The maximum atomic E-state index is 11.0. The van der Waals surface area contributed by atoms with Gasteiger partial charge in [-0.1, -0.05) is 49.9 Å². The molecule has 2 rings (SSSR count). The normalized spacial score (nSPS) is 11.9. The van der Waals surface area contributed by atoms with Crippen molar-refractivity contribution in [2.45, 2.75) is 12.8 Å². The summed E-state index contributed by atoms with van der Waals surface area (Å²) in [5.41, 5.74) is 0.759. The van der Waals surface area contributed by atoms with Gasteiger partial charge in [-0.25, -0.2) is 0 Å². The highest BCUT2D eigenvalue weighted by molar-refractivity contribution is 6.69. The summed E-state index contributed by atoms with van der Waals surface area (Å²) >= 11 is 11.3. The SMILES string of the molecule is C.O=C(Cl)C(Cl)c1cccc2ccccc12. The van der Waals surface area contributed by atoms with Crippen LogP contribution >= 0.6 is 23.2 Å². The summed E-state index contributed by atoms with van der Waals surface area (Å²) < 4.78 is 0. The molecule has 1 unspecified atom stereocenters. The second kappa shape index (κ2) is 5.33. The highest BCUT2D eigenvalue weighted by atomic mass is 35.5. The molecule has 0 saturated carbocycles. The van der Waals surface area contributed by atoms with Crippen molar-refractivity contribution in [1.82, 2.24) is 0 Å². The molecule has 0 aromatic heterocycles. The molecule has 0 aliphatic heterocycles. The van der Waals surface area contributed by atoms with E-state index in [1.165, 1.54) is 0 Å². The van der Waals surface area contributed by atoms with Crippen LogP contribution in [0.2, 0.25) is 0 Å². The third kappa shape index (κ3) is 2.37. The van der Waals surface area contributed by atoms with Gasteiger partial charge in [-0.2, -0.15) is 0 Å². The zero-order valence-electron chi connectivity index (χ0n) is 7.78. The van der Waals surface area contributed by atoms with E-state index in [1.54, 1.807) is 0 Å². The predicted molar refractivity (Wildman–Crippen MR) is 70.1 cm³/mol. The quantitative estimate of drug-likeness (QED) is 0.569. The molecular weight excluding hydrogens is 243 g/mol. The summed E-state index contributed by atoms with van der Waals surface area (Å²) in [6, 6.07) is 13.4. The monoisotopic (exact) mass is 254 g/mol. The molecule has 16 heavy (non-hydrogen) atoms. The summed E-state index contributed by atoms with van der Waals surface area (Å²) in [7, 11) is 0. The molecule has 0 bridgehead atoms. The van der Waals surface area contributed by atoms with Gasteiger partial charge in [-0.15, -0.1) is 11.6 Å². The lowest BCUT2D eigenvalue weighted by atomic mass is 10.0. The predicted octanol–water partition coefficient (Wildman–Crippen LogP) is 4.52. The minimum absolute atomic E-state index is 0. The topological polar surface area (TPSA) is 17.1 Å². The van der Waals surface area contributed by atoms with E-state index in [2.05, 4.69) is 0 Å². The van der Waals surface area contributed by atoms with Crippen LogP contribution in [0.15, 0.2) is 42.5 Å². The molecule has 0 aliphatic carbocycles. The number of rotatable bonds is 2. The van der Waals surface area contributed by atoms with E-state index in [-0.39, 0.29) is 7.43 Å². The molecule has 84 valence electrons. The Hall–Kier alpha value is -1.05. The molecule has 1 nitrogen and oxygen atoms in total. The number of carbonyl (C=O) groups excluding carboxylic acids is 1. The van der Waals surface area contributed by atoms with Crippen LogP contribution < -0.4 is 0 Å². The van der Waals surface area contributed by atoms with E-state index in [1.807, 2.05) is 42.5 Å². The van der Waals surface area contributed by atoms with Gasteiger partial charge in [0.05, 0.1) is 0 Å². The van der Waals surface area contributed by atoms with Gasteiger partial charge in [0.2, 0.25) is 5.24 Å². The Bertz CT molecular complexity index is 503. The Morgan fingerprint density at radius 3 is 2.38 bits per heavy atom. The molecule has 0 fully saturated rings. The molecule has 0 aliphatic rings. The highest BCUT2D eigenvalue weighted by Crippen LogP contribution is 2.29. The van der Waals surface area contributed by atoms with Gasteiger partial charge in [0, 0.05) is 0 Å². The Morgan fingerprint density at radius 2 is 1.69 bits per heavy atom. The molecule has 0 radical (unpaired) electrons. The maximum Gasteiger partial charge on any atom is 0.244 e. The number of alkyl halides is 1. The largest absolute Gasteiger partial charge is 0.279 e. The third-order valence-electron chi connectivity index (χ3n) is 2.30. The van der Waals surface area contributed by atoms with Crippen molar-refractivity contribution in [3.05, 3.63) is 48.0 Å². The smallest absolute Gasteiger partial charge is 0.244 e. The first-order valence-electron chi connectivity index (χ1n) is 4.51. The number of hydrogen-bond donors (Lipinski definition) is 0. The van der Waals surface area contributed by atoms with Gasteiger partial charge in [-0.05, 0) is 27.9 Å². The van der Waals surface area contributed by atoms with Crippen molar-refractivity contribution in [1.29, 1.82) is 0 Å². The molecule has 1 atom stereocenters. The van der Waals surface area contributed by atoms with Crippen molar-refractivity contribution in [2.75, 3.05) is 0 Å². The van der Waals surface area contributed by atoms with Crippen molar-refractivity contribution >= 4 is 39.2 Å². The average Bonchev–Trinajstić information content (AvgIpc) is 2.27. The Balaban J connectivity index is 0.00000128. The van der Waals surface area contributed by atoms with Gasteiger partial charge in [0.1, 0.15) is 5.38 Å².